The first-order chi connectivity index (χ1) is 9.28. The molecule has 1 heterocycles. The molecular weight excluding hydrogens is 238 g/mol. The van der Waals surface area contributed by atoms with Gasteiger partial charge in [-0.05, 0) is 35.7 Å². The summed E-state index contributed by atoms with van der Waals surface area (Å²) in [6.07, 6.45) is 0.715. The maximum atomic E-state index is 12.0. The summed E-state index contributed by atoms with van der Waals surface area (Å²) in [7, 11) is 1.65. The molecule has 1 atom stereocenters. The number of anilines is 1. The number of amides is 1. The van der Waals surface area contributed by atoms with Gasteiger partial charge in [-0.3, -0.25) is 4.79 Å². The number of carbonyl (C=O) groups is 1. The zero-order valence-corrected chi connectivity index (χ0v) is 10.7. The molecule has 0 bridgehead atoms. The molecule has 1 aliphatic rings. The number of ether oxygens (including phenoxy) is 1. The lowest BCUT2D eigenvalue weighted by Crippen LogP contribution is -2.14. The maximum Gasteiger partial charge on any atom is 0.232 e. The Hall–Kier alpha value is -2.29. The van der Waals surface area contributed by atoms with Crippen molar-refractivity contribution < 1.29 is 9.53 Å². The number of fused-ring (bicyclic) bond motifs is 1. The summed E-state index contributed by atoms with van der Waals surface area (Å²) in [5.41, 5.74) is 3.16. The van der Waals surface area contributed by atoms with Crippen molar-refractivity contribution in [1.82, 2.24) is 0 Å². The number of para-hydroxylation sites is 1. The Kier molecular flexibility index (Phi) is 2.95. The van der Waals surface area contributed by atoms with Crippen LogP contribution in [0.3, 0.4) is 0 Å². The number of hydrogen-bond donors (Lipinski definition) is 1. The molecule has 3 heteroatoms. The average molecular weight is 253 g/mol. The molecule has 1 amide bonds. The third-order valence-electron chi connectivity index (χ3n) is 3.51. The van der Waals surface area contributed by atoms with Crippen LogP contribution in [0, 0.1) is 0 Å². The first-order valence-electron chi connectivity index (χ1n) is 6.30. The minimum atomic E-state index is -0.0930. The van der Waals surface area contributed by atoms with E-state index >= 15 is 0 Å². The molecule has 0 radical (unpaired) electrons. The highest BCUT2D eigenvalue weighted by molar-refractivity contribution is 6.03. The SMILES string of the molecule is COc1ccc(C[C@@H]2C(=O)Nc3ccccc32)cc1. The summed E-state index contributed by atoms with van der Waals surface area (Å²) in [6.45, 7) is 0. The van der Waals surface area contributed by atoms with Gasteiger partial charge in [-0.15, -0.1) is 0 Å². The summed E-state index contributed by atoms with van der Waals surface area (Å²) >= 11 is 0. The van der Waals surface area contributed by atoms with Gasteiger partial charge in [0.25, 0.3) is 0 Å². The molecule has 0 unspecified atom stereocenters. The van der Waals surface area contributed by atoms with Gasteiger partial charge < -0.3 is 10.1 Å². The molecule has 1 N–H and O–H groups in total. The molecule has 0 fully saturated rings. The standard InChI is InChI=1S/C16H15NO2/c1-19-12-8-6-11(7-9-12)10-14-13-4-2-3-5-15(13)17-16(14)18/h2-9,14H,10H2,1H3,(H,17,18)/t14-/m0/s1. The van der Waals surface area contributed by atoms with Crippen LogP contribution in [0.2, 0.25) is 0 Å². The van der Waals surface area contributed by atoms with Crippen LogP contribution in [0.5, 0.6) is 5.75 Å². The van der Waals surface area contributed by atoms with E-state index in [4.69, 9.17) is 4.74 Å². The molecule has 1 aliphatic heterocycles. The lowest BCUT2D eigenvalue weighted by molar-refractivity contribution is -0.117. The van der Waals surface area contributed by atoms with E-state index in [2.05, 4.69) is 5.32 Å². The van der Waals surface area contributed by atoms with E-state index in [1.165, 1.54) is 0 Å². The van der Waals surface area contributed by atoms with Gasteiger partial charge in [0.05, 0.1) is 13.0 Å². The maximum absolute atomic E-state index is 12.0. The van der Waals surface area contributed by atoms with E-state index in [0.29, 0.717) is 6.42 Å². The van der Waals surface area contributed by atoms with Crippen LogP contribution in [-0.4, -0.2) is 13.0 Å². The van der Waals surface area contributed by atoms with Crippen LogP contribution in [0.1, 0.15) is 17.0 Å². The molecule has 0 saturated carbocycles. The van der Waals surface area contributed by atoms with Gasteiger partial charge in [0.1, 0.15) is 5.75 Å². The van der Waals surface area contributed by atoms with Crippen molar-refractivity contribution in [2.45, 2.75) is 12.3 Å². The van der Waals surface area contributed by atoms with Gasteiger partial charge >= 0.3 is 0 Å². The molecular formula is C16H15NO2. The molecule has 2 aromatic rings. The van der Waals surface area contributed by atoms with Crippen LogP contribution in [0.25, 0.3) is 0 Å². The van der Waals surface area contributed by atoms with E-state index in [-0.39, 0.29) is 11.8 Å². The van der Waals surface area contributed by atoms with Gasteiger partial charge in [-0.1, -0.05) is 30.3 Å². The predicted molar refractivity (Wildman–Crippen MR) is 74.5 cm³/mol. The highest BCUT2D eigenvalue weighted by Gasteiger charge is 2.29. The van der Waals surface area contributed by atoms with Crippen LogP contribution in [-0.2, 0) is 11.2 Å². The molecule has 0 saturated heterocycles. The van der Waals surface area contributed by atoms with Crippen LogP contribution >= 0.6 is 0 Å². The summed E-state index contributed by atoms with van der Waals surface area (Å²) in [6, 6.07) is 15.7. The highest BCUT2D eigenvalue weighted by atomic mass is 16.5. The second-order valence-electron chi connectivity index (χ2n) is 4.68. The molecule has 2 aromatic carbocycles. The van der Waals surface area contributed by atoms with Gasteiger partial charge in [0.15, 0.2) is 0 Å². The largest absolute Gasteiger partial charge is 0.497 e. The summed E-state index contributed by atoms with van der Waals surface area (Å²) in [5.74, 6) is 0.821. The molecule has 0 aromatic heterocycles. The minimum Gasteiger partial charge on any atom is -0.497 e. The Morgan fingerprint density at radius 3 is 2.58 bits per heavy atom. The Morgan fingerprint density at radius 2 is 1.84 bits per heavy atom. The molecule has 3 rings (SSSR count). The smallest absolute Gasteiger partial charge is 0.232 e. The van der Waals surface area contributed by atoms with Gasteiger partial charge in [-0.25, -0.2) is 0 Å². The number of hydrogen-bond acceptors (Lipinski definition) is 2. The van der Waals surface area contributed by atoms with Crippen molar-refractivity contribution in [3.05, 3.63) is 59.7 Å². The Labute approximate surface area is 112 Å². The van der Waals surface area contributed by atoms with Crippen LogP contribution < -0.4 is 10.1 Å². The number of carbonyl (C=O) groups excluding carboxylic acids is 1. The molecule has 19 heavy (non-hydrogen) atoms. The fourth-order valence-electron chi connectivity index (χ4n) is 2.48. The Morgan fingerprint density at radius 1 is 1.11 bits per heavy atom. The van der Waals surface area contributed by atoms with Crippen molar-refractivity contribution in [2.24, 2.45) is 0 Å². The molecule has 0 aliphatic carbocycles. The number of nitrogens with one attached hydrogen (secondary N) is 1. The van der Waals surface area contributed by atoms with E-state index in [1.807, 2.05) is 48.5 Å². The van der Waals surface area contributed by atoms with E-state index in [0.717, 1.165) is 22.6 Å². The van der Waals surface area contributed by atoms with Crippen LogP contribution in [0.15, 0.2) is 48.5 Å². The zero-order valence-electron chi connectivity index (χ0n) is 10.7. The van der Waals surface area contributed by atoms with Gasteiger partial charge in [0.2, 0.25) is 5.91 Å². The Balaban J connectivity index is 1.84. The fourth-order valence-corrected chi connectivity index (χ4v) is 2.48. The number of rotatable bonds is 3. The van der Waals surface area contributed by atoms with E-state index in [1.54, 1.807) is 7.11 Å². The quantitative estimate of drug-likeness (QED) is 0.913. The average Bonchev–Trinajstić information content (AvgIpc) is 2.76. The highest BCUT2D eigenvalue weighted by Crippen LogP contribution is 2.34. The van der Waals surface area contributed by atoms with Gasteiger partial charge in [0, 0.05) is 5.69 Å². The normalized spacial score (nSPS) is 16.9. The van der Waals surface area contributed by atoms with E-state index < -0.39 is 0 Å². The lowest BCUT2D eigenvalue weighted by Gasteiger charge is -2.09. The lowest BCUT2D eigenvalue weighted by atomic mass is 9.93. The molecule has 3 nitrogen and oxygen atoms in total. The third-order valence-corrected chi connectivity index (χ3v) is 3.51. The first-order valence-corrected chi connectivity index (χ1v) is 6.30. The van der Waals surface area contributed by atoms with Crippen molar-refractivity contribution in [3.63, 3.8) is 0 Å². The zero-order chi connectivity index (χ0) is 13.2. The second-order valence-corrected chi connectivity index (χ2v) is 4.68. The van der Waals surface area contributed by atoms with Crippen molar-refractivity contribution in [1.29, 1.82) is 0 Å². The molecule has 0 spiro atoms. The topological polar surface area (TPSA) is 38.3 Å². The second kappa shape index (κ2) is 4.76. The monoisotopic (exact) mass is 253 g/mol. The van der Waals surface area contributed by atoms with Crippen LogP contribution in [0.4, 0.5) is 5.69 Å². The van der Waals surface area contributed by atoms with Gasteiger partial charge in [-0.2, -0.15) is 0 Å². The summed E-state index contributed by atoms with van der Waals surface area (Å²) in [5, 5.41) is 2.93. The molecule has 96 valence electrons. The predicted octanol–water partition coefficient (Wildman–Crippen LogP) is 2.97. The Bertz CT molecular complexity index is 604. The fraction of sp³-hybridized carbons (Fsp3) is 0.188. The van der Waals surface area contributed by atoms with Crippen molar-refractivity contribution in [3.8, 4) is 5.75 Å². The number of methoxy groups -OCH3 is 1. The first kappa shape index (κ1) is 11.8. The summed E-state index contributed by atoms with van der Waals surface area (Å²) < 4.78 is 5.14. The minimum absolute atomic E-state index is 0.0806. The van der Waals surface area contributed by atoms with E-state index in [9.17, 15) is 4.79 Å². The van der Waals surface area contributed by atoms with Crippen molar-refractivity contribution in [2.75, 3.05) is 12.4 Å². The third kappa shape index (κ3) is 2.19. The number of benzene rings is 2. The van der Waals surface area contributed by atoms with Crippen molar-refractivity contribution >= 4 is 11.6 Å². The summed E-state index contributed by atoms with van der Waals surface area (Å²) in [4.78, 5) is 12.0.